The molecule has 21 heavy (non-hydrogen) atoms. The van der Waals surface area contributed by atoms with E-state index in [0.29, 0.717) is 24.1 Å². The lowest BCUT2D eigenvalue weighted by molar-refractivity contribution is -0.124. The van der Waals surface area contributed by atoms with Crippen LogP contribution in [0.1, 0.15) is 28.8 Å². The van der Waals surface area contributed by atoms with Gasteiger partial charge in [-0.15, -0.1) is 0 Å². The fraction of sp³-hybridized carbons (Fsp3) is 0.400. The smallest absolute Gasteiger partial charge is 0.256 e. The van der Waals surface area contributed by atoms with Gasteiger partial charge in [-0.25, -0.2) is 0 Å². The quantitative estimate of drug-likeness (QED) is 0.733. The van der Waals surface area contributed by atoms with Crippen molar-refractivity contribution in [2.45, 2.75) is 18.9 Å². The molecule has 1 aromatic rings. The van der Waals surface area contributed by atoms with Crippen molar-refractivity contribution in [1.82, 2.24) is 15.2 Å². The first-order valence-corrected chi connectivity index (χ1v) is 6.84. The normalized spacial score (nSPS) is 17.0. The molecule has 1 atom stereocenters. The van der Waals surface area contributed by atoms with E-state index in [1.54, 1.807) is 24.2 Å². The molecule has 1 fully saturated rings. The maximum absolute atomic E-state index is 12.5. The maximum atomic E-state index is 12.5. The highest BCUT2D eigenvalue weighted by Gasteiger charge is 2.34. The summed E-state index contributed by atoms with van der Waals surface area (Å²) in [5.41, 5.74) is 6.41. The zero-order valence-electron chi connectivity index (χ0n) is 11.9. The van der Waals surface area contributed by atoms with Crippen molar-refractivity contribution in [2.24, 2.45) is 5.73 Å². The van der Waals surface area contributed by atoms with Crippen molar-refractivity contribution in [3.63, 3.8) is 0 Å². The molecule has 1 unspecified atom stereocenters. The average molecular weight is 286 g/mol. The summed E-state index contributed by atoms with van der Waals surface area (Å²) in [5, 5.41) is 2.60. The van der Waals surface area contributed by atoms with Crippen LogP contribution in [0.4, 0.5) is 0 Å². The number of carbonyl (C=O) groups excluding carboxylic acids is 2. The summed E-state index contributed by atoms with van der Waals surface area (Å²) < 4.78 is 0. The highest BCUT2D eigenvalue weighted by Crippen LogP contribution is 2.20. The lowest BCUT2D eigenvalue weighted by atomic mass is 10.1. The number of amides is 2. The Morgan fingerprint density at radius 3 is 3.05 bits per heavy atom. The molecule has 6 nitrogen and oxygen atoms in total. The number of carbonyl (C=O) groups is 2. The van der Waals surface area contributed by atoms with Gasteiger partial charge >= 0.3 is 0 Å². The average Bonchev–Trinajstić information content (AvgIpc) is 3.01. The van der Waals surface area contributed by atoms with Crippen LogP contribution < -0.4 is 11.1 Å². The predicted molar refractivity (Wildman–Crippen MR) is 78.3 cm³/mol. The summed E-state index contributed by atoms with van der Waals surface area (Å²) in [7, 11) is 1.58. The maximum Gasteiger partial charge on any atom is 0.256 e. The molecule has 110 valence electrons. The molecule has 0 radical (unpaired) electrons. The van der Waals surface area contributed by atoms with Gasteiger partial charge in [-0.3, -0.25) is 14.6 Å². The molecule has 0 spiro atoms. The van der Waals surface area contributed by atoms with Gasteiger partial charge in [0.25, 0.3) is 5.91 Å². The number of aromatic nitrogens is 1. The third-order valence-corrected chi connectivity index (χ3v) is 3.38. The molecule has 2 amide bonds. The molecule has 1 aliphatic heterocycles. The Balaban J connectivity index is 2.21. The fourth-order valence-corrected chi connectivity index (χ4v) is 2.39. The molecule has 3 N–H and O–H groups in total. The summed E-state index contributed by atoms with van der Waals surface area (Å²) in [6, 6.07) is 1.28. The minimum Gasteiger partial charge on any atom is -0.357 e. The van der Waals surface area contributed by atoms with Gasteiger partial charge in [-0.2, -0.15) is 0 Å². The Hall–Kier alpha value is -2.39. The van der Waals surface area contributed by atoms with Crippen LogP contribution in [0, 0.1) is 11.8 Å². The number of likely N-dealkylation sites (tertiary alicyclic amines) is 1. The summed E-state index contributed by atoms with van der Waals surface area (Å²) in [6.45, 7) is 0.832. The van der Waals surface area contributed by atoms with Crippen LogP contribution >= 0.6 is 0 Å². The zero-order chi connectivity index (χ0) is 15.2. The summed E-state index contributed by atoms with van der Waals surface area (Å²) in [6.07, 6.45) is 4.59. The fourth-order valence-electron chi connectivity index (χ4n) is 2.39. The van der Waals surface area contributed by atoms with E-state index >= 15 is 0 Å². The van der Waals surface area contributed by atoms with Crippen LogP contribution in [0.5, 0.6) is 0 Å². The van der Waals surface area contributed by atoms with Crippen LogP contribution in [0.3, 0.4) is 0 Å². The van der Waals surface area contributed by atoms with E-state index in [-0.39, 0.29) is 18.4 Å². The Morgan fingerprint density at radius 1 is 1.52 bits per heavy atom. The first-order valence-electron chi connectivity index (χ1n) is 6.84. The largest absolute Gasteiger partial charge is 0.357 e. The number of rotatable bonds is 2. The Bertz CT molecular complexity index is 603. The molecule has 1 aromatic heterocycles. The van der Waals surface area contributed by atoms with Gasteiger partial charge in [0.05, 0.1) is 12.1 Å². The number of nitrogens with two attached hydrogens (primary N) is 1. The highest BCUT2D eigenvalue weighted by atomic mass is 16.2. The van der Waals surface area contributed by atoms with E-state index in [2.05, 4.69) is 22.1 Å². The summed E-state index contributed by atoms with van der Waals surface area (Å²) in [5.74, 6) is 5.25. The van der Waals surface area contributed by atoms with Crippen molar-refractivity contribution in [1.29, 1.82) is 0 Å². The molecular weight excluding hydrogens is 268 g/mol. The lowest BCUT2D eigenvalue weighted by Gasteiger charge is -2.23. The topological polar surface area (TPSA) is 88.3 Å². The van der Waals surface area contributed by atoms with Crippen molar-refractivity contribution in [3.8, 4) is 11.8 Å². The third kappa shape index (κ3) is 3.38. The van der Waals surface area contributed by atoms with Gasteiger partial charge in [-0.05, 0) is 18.9 Å². The number of nitrogens with one attached hydrogen (secondary N) is 1. The number of nitrogens with zero attached hydrogens (tertiary/aromatic N) is 2. The first kappa shape index (κ1) is 15.0. The zero-order valence-corrected chi connectivity index (χ0v) is 11.9. The molecule has 0 bridgehead atoms. The van der Waals surface area contributed by atoms with Gasteiger partial charge in [0, 0.05) is 31.5 Å². The van der Waals surface area contributed by atoms with E-state index in [0.717, 1.165) is 6.42 Å². The Kier molecular flexibility index (Phi) is 4.90. The molecule has 2 rings (SSSR count). The minimum atomic E-state index is -0.402. The number of hydrogen-bond acceptors (Lipinski definition) is 4. The number of pyridine rings is 1. The number of likely N-dealkylation sites (N-methyl/N-ethyl adjacent to an activating group) is 1. The van der Waals surface area contributed by atoms with Gasteiger partial charge in [0.15, 0.2) is 0 Å². The molecule has 1 aliphatic rings. The van der Waals surface area contributed by atoms with Crippen LogP contribution in [0.25, 0.3) is 0 Å². The van der Waals surface area contributed by atoms with Gasteiger partial charge in [-0.1, -0.05) is 11.8 Å². The molecule has 1 saturated heterocycles. The Labute approximate surface area is 123 Å². The van der Waals surface area contributed by atoms with Crippen molar-refractivity contribution in [3.05, 3.63) is 29.6 Å². The summed E-state index contributed by atoms with van der Waals surface area (Å²) in [4.78, 5) is 30.0. The minimum absolute atomic E-state index is 0.132. The molecule has 6 heteroatoms. The van der Waals surface area contributed by atoms with Gasteiger partial charge in [0.1, 0.15) is 6.04 Å². The van der Waals surface area contributed by atoms with Gasteiger partial charge < -0.3 is 16.0 Å². The van der Waals surface area contributed by atoms with Crippen LogP contribution in [-0.2, 0) is 4.79 Å². The highest BCUT2D eigenvalue weighted by molar-refractivity contribution is 5.97. The monoisotopic (exact) mass is 286 g/mol. The van der Waals surface area contributed by atoms with E-state index in [1.807, 2.05) is 0 Å². The second kappa shape index (κ2) is 6.86. The predicted octanol–water partition coefficient (Wildman–Crippen LogP) is -0.258. The van der Waals surface area contributed by atoms with E-state index in [4.69, 9.17) is 5.73 Å². The van der Waals surface area contributed by atoms with Gasteiger partial charge in [0.2, 0.25) is 5.91 Å². The lowest BCUT2D eigenvalue weighted by Crippen LogP contribution is -2.44. The molecule has 2 heterocycles. The Morgan fingerprint density at radius 2 is 2.33 bits per heavy atom. The standard InChI is InChI=1S/C15H18N4O2/c1-17-14(20)13-5-3-7-19(13)15(21)12-8-11(4-2-6-16)9-18-10-12/h8-10,13H,3,5-7,16H2,1H3,(H,17,20). The van der Waals surface area contributed by atoms with Crippen molar-refractivity contribution >= 4 is 11.8 Å². The number of hydrogen-bond donors (Lipinski definition) is 2. The SMILES string of the molecule is CNC(=O)C1CCCN1C(=O)c1cncc(C#CCN)c1. The van der Waals surface area contributed by atoms with Crippen LogP contribution in [0.15, 0.2) is 18.5 Å². The molecule has 0 aliphatic carbocycles. The second-order valence-corrected chi connectivity index (χ2v) is 4.74. The van der Waals surface area contributed by atoms with E-state index in [1.165, 1.54) is 6.20 Å². The molecular formula is C15H18N4O2. The van der Waals surface area contributed by atoms with E-state index < -0.39 is 6.04 Å². The van der Waals surface area contributed by atoms with E-state index in [9.17, 15) is 9.59 Å². The van der Waals surface area contributed by atoms with Crippen molar-refractivity contribution < 1.29 is 9.59 Å². The molecule has 0 aromatic carbocycles. The summed E-state index contributed by atoms with van der Waals surface area (Å²) >= 11 is 0. The first-order chi connectivity index (χ1) is 10.2. The van der Waals surface area contributed by atoms with Crippen LogP contribution in [-0.4, -0.2) is 47.9 Å². The van der Waals surface area contributed by atoms with Crippen molar-refractivity contribution in [2.75, 3.05) is 20.1 Å². The molecule has 0 saturated carbocycles. The third-order valence-electron chi connectivity index (χ3n) is 3.38. The second-order valence-electron chi connectivity index (χ2n) is 4.74. The van der Waals surface area contributed by atoms with Crippen LogP contribution in [0.2, 0.25) is 0 Å².